The highest BCUT2D eigenvalue weighted by atomic mass is 15.1. The topological polar surface area (TPSA) is 3.24 Å². The van der Waals surface area contributed by atoms with E-state index < -0.39 is 0 Å². The van der Waals surface area contributed by atoms with Crippen molar-refractivity contribution in [2.75, 3.05) is 11.9 Å². The van der Waals surface area contributed by atoms with Crippen molar-refractivity contribution in [2.24, 2.45) is 0 Å². The van der Waals surface area contributed by atoms with Crippen LogP contribution >= 0.6 is 0 Å². The predicted molar refractivity (Wildman–Crippen MR) is 76.3 cm³/mol. The molecule has 0 amide bonds. The van der Waals surface area contributed by atoms with E-state index in [1.54, 1.807) is 0 Å². The van der Waals surface area contributed by atoms with Crippen LogP contribution in [0.1, 0.15) is 16.7 Å². The Hall–Kier alpha value is -2.46. The minimum Gasteiger partial charge on any atom is -0.344 e. The van der Waals surface area contributed by atoms with Gasteiger partial charge in [-0.1, -0.05) is 48.8 Å². The van der Waals surface area contributed by atoms with Crippen molar-refractivity contribution < 1.29 is 0 Å². The van der Waals surface area contributed by atoms with Crippen LogP contribution in [-0.4, -0.2) is 7.05 Å². The van der Waals surface area contributed by atoms with E-state index in [1.165, 1.54) is 0 Å². The molecule has 0 aromatic heterocycles. The van der Waals surface area contributed by atoms with Crippen LogP contribution in [0, 0.1) is 11.8 Å². The molecule has 3 rings (SSSR count). The Morgan fingerprint density at radius 2 is 1.50 bits per heavy atom. The van der Waals surface area contributed by atoms with Crippen molar-refractivity contribution in [3.63, 3.8) is 0 Å². The molecule has 1 heteroatoms. The average molecular weight is 231 g/mol. The van der Waals surface area contributed by atoms with Gasteiger partial charge in [0.2, 0.25) is 0 Å². The van der Waals surface area contributed by atoms with Gasteiger partial charge in [-0.25, -0.2) is 0 Å². The predicted octanol–water partition coefficient (Wildman–Crippen LogP) is 3.51. The Balaban J connectivity index is 2.30. The Kier molecular flexibility index (Phi) is 2.42. The van der Waals surface area contributed by atoms with Crippen LogP contribution in [0.25, 0.3) is 5.70 Å². The van der Waals surface area contributed by atoms with E-state index >= 15 is 0 Å². The third-order valence-electron chi connectivity index (χ3n) is 3.24. The maximum Gasteiger partial charge on any atom is 0.0567 e. The van der Waals surface area contributed by atoms with Crippen LogP contribution in [0.5, 0.6) is 0 Å². The van der Waals surface area contributed by atoms with Gasteiger partial charge in [-0.2, -0.15) is 0 Å². The largest absolute Gasteiger partial charge is 0.344 e. The smallest absolute Gasteiger partial charge is 0.0567 e. The zero-order valence-electron chi connectivity index (χ0n) is 10.3. The first-order valence-corrected chi connectivity index (χ1v) is 5.90. The monoisotopic (exact) mass is 231 g/mol. The van der Waals surface area contributed by atoms with Crippen LogP contribution in [0.15, 0.2) is 55.1 Å². The minimum absolute atomic E-state index is 0.979. The SMILES string of the molecule is C=C1c2ccccc2C#Cc2ccccc2N1C. The molecule has 0 N–H and O–H groups in total. The summed E-state index contributed by atoms with van der Waals surface area (Å²) in [6.45, 7) is 4.20. The number of hydrogen-bond donors (Lipinski definition) is 0. The molecule has 86 valence electrons. The van der Waals surface area contributed by atoms with Gasteiger partial charge < -0.3 is 4.90 Å². The molecule has 0 fully saturated rings. The fourth-order valence-electron chi connectivity index (χ4n) is 2.18. The molecule has 1 heterocycles. The van der Waals surface area contributed by atoms with Gasteiger partial charge in [-0.05, 0) is 18.2 Å². The second kappa shape index (κ2) is 4.09. The van der Waals surface area contributed by atoms with E-state index in [0.29, 0.717) is 0 Å². The van der Waals surface area contributed by atoms with Gasteiger partial charge in [-0.3, -0.25) is 0 Å². The van der Waals surface area contributed by atoms with Gasteiger partial charge >= 0.3 is 0 Å². The molecule has 0 radical (unpaired) electrons. The van der Waals surface area contributed by atoms with Crippen molar-refractivity contribution in [1.82, 2.24) is 0 Å². The number of benzene rings is 2. The molecule has 2 aromatic rings. The molecule has 1 nitrogen and oxygen atoms in total. The summed E-state index contributed by atoms with van der Waals surface area (Å²) in [5.74, 6) is 6.47. The van der Waals surface area contributed by atoms with E-state index in [4.69, 9.17) is 0 Å². The van der Waals surface area contributed by atoms with Crippen LogP contribution in [0.2, 0.25) is 0 Å². The third kappa shape index (κ3) is 1.59. The van der Waals surface area contributed by atoms with E-state index in [-0.39, 0.29) is 0 Å². The minimum atomic E-state index is 0.979. The Morgan fingerprint density at radius 3 is 2.33 bits per heavy atom. The molecule has 0 spiro atoms. The summed E-state index contributed by atoms with van der Waals surface area (Å²) in [6.07, 6.45) is 0. The Labute approximate surface area is 107 Å². The lowest BCUT2D eigenvalue weighted by molar-refractivity contribution is 1.21. The first kappa shape index (κ1) is 10.7. The lowest BCUT2D eigenvalue weighted by Crippen LogP contribution is -2.17. The van der Waals surface area contributed by atoms with Crippen LogP contribution in [0.4, 0.5) is 5.69 Å². The summed E-state index contributed by atoms with van der Waals surface area (Å²) >= 11 is 0. The van der Waals surface area contributed by atoms with Gasteiger partial charge in [0.05, 0.1) is 5.69 Å². The summed E-state index contributed by atoms with van der Waals surface area (Å²) in [4.78, 5) is 2.10. The zero-order chi connectivity index (χ0) is 12.5. The molecular weight excluding hydrogens is 218 g/mol. The first-order chi connectivity index (χ1) is 8.77. The van der Waals surface area contributed by atoms with E-state index in [9.17, 15) is 0 Å². The molecule has 0 aliphatic carbocycles. The summed E-state index contributed by atoms with van der Waals surface area (Å²) in [7, 11) is 2.03. The first-order valence-electron chi connectivity index (χ1n) is 5.90. The van der Waals surface area contributed by atoms with E-state index in [0.717, 1.165) is 28.1 Å². The maximum atomic E-state index is 4.20. The number of rotatable bonds is 0. The van der Waals surface area contributed by atoms with Crippen LogP contribution in [-0.2, 0) is 0 Å². The number of hydrogen-bond acceptors (Lipinski definition) is 1. The Morgan fingerprint density at radius 1 is 0.889 bits per heavy atom. The lowest BCUT2D eigenvalue weighted by Gasteiger charge is -2.25. The number of fused-ring (bicyclic) bond motifs is 2. The van der Waals surface area contributed by atoms with Gasteiger partial charge in [-0.15, -0.1) is 0 Å². The molecule has 1 aliphatic heterocycles. The zero-order valence-corrected chi connectivity index (χ0v) is 10.3. The molecule has 18 heavy (non-hydrogen) atoms. The standard InChI is InChI=1S/C17H13N/c1-13-16-9-5-3-7-14(16)11-12-15-8-4-6-10-17(15)18(13)2/h3-10H,1H2,2H3. The highest BCUT2D eigenvalue weighted by Crippen LogP contribution is 2.29. The molecule has 2 aromatic carbocycles. The summed E-state index contributed by atoms with van der Waals surface area (Å²) in [5.41, 5.74) is 5.25. The molecule has 0 atom stereocenters. The highest BCUT2D eigenvalue weighted by Gasteiger charge is 2.14. The summed E-state index contributed by atoms with van der Waals surface area (Å²) in [6, 6.07) is 16.3. The number of para-hydroxylation sites is 1. The fourth-order valence-corrected chi connectivity index (χ4v) is 2.18. The number of nitrogens with zero attached hydrogens (tertiary/aromatic N) is 1. The normalized spacial score (nSPS) is 12.7. The van der Waals surface area contributed by atoms with Crippen molar-refractivity contribution in [3.8, 4) is 11.8 Å². The molecule has 0 unspecified atom stereocenters. The third-order valence-corrected chi connectivity index (χ3v) is 3.24. The van der Waals surface area contributed by atoms with Gasteiger partial charge in [0.15, 0.2) is 0 Å². The second-order valence-corrected chi connectivity index (χ2v) is 4.32. The summed E-state index contributed by atoms with van der Waals surface area (Å²) in [5, 5.41) is 0. The number of anilines is 1. The van der Waals surface area contributed by atoms with Crippen LogP contribution in [0.3, 0.4) is 0 Å². The van der Waals surface area contributed by atoms with Crippen molar-refractivity contribution in [1.29, 1.82) is 0 Å². The molecule has 0 bridgehead atoms. The second-order valence-electron chi connectivity index (χ2n) is 4.32. The maximum absolute atomic E-state index is 4.20. The van der Waals surface area contributed by atoms with Crippen molar-refractivity contribution >= 4 is 11.4 Å². The van der Waals surface area contributed by atoms with Crippen molar-refractivity contribution in [2.45, 2.75) is 0 Å². The Bertz CT molecular complexity index is 686. The quantitative estimate of drug-likeness (QED) is 0.627. The molecular formula is C17H13N. The van der Waals surface area contributed by atoms with Gasteiger partial charge in [0, 0.05) is 29.4 Å². The van der Waals surface area contributed by atoms with Gasteiger partial charge in [0.1, 0.15) is 0 Å². The van der Waals surface area contributed by atoms with Gasteiger partial charge in [0.25, 0.3) is 0 Å². The van der Waals surface area contributed by atoms with Crippen molar-refractivity contribution in [3.05, 3.63) is 71.8 Å². The molecule has 0 saturated carbocycles. The summed E-state index contributed by atoms with van der Waals surface area (Å²) < 4.78 is 0. The fraction of sp³-hybridized carbons (Fsp3) is 0.0588. The molecule has 0 saturated heterocycles. The average Bonchev–Trinajstić information content (AvgIpc) is 2.43. The van der Waals surface area contributed by atoms with E-state index in [1.807, 2.05) is 43.4 Å². The van der Waals surface area contributed by atoms with E-state index in [2.05, 4.69) is 35.5 Å². The highest BCUT2D eigenvalue weighted by molar-refractivity contribution is 5.84. The molecule has 1 aliphatic rings. The lowest BCUT2D eigenvalue weighted by atomic mass is 10.0. The van der Waals surface area contributed by atoms with Crippen LogP contribution < -0.4 is 4.90 Å².